The van der Waals surface area contributed by atoms with E-state index in [0.717, 1.165) is 0 Å². The van der Waals surface area contributed by atoms with Crippen molar-refractivity contribution in [1.82, 2.24) is 5.32 Å². The van der Waals surface area contributed by atoms with Gasteiger partial charge in [-0.2, -0.15) is 5.26 Å². The van der Waals surface area contributed by atoms with Crippen LogP contribution < -0.4 is 5.32 Å². The molecular formula is C11H20N2. The van der Waals surface area contributed by atoms with Crippen molar-refractivity contribution in [3.63, 3.8) is 0 Å². The average molecular weight is 180 g/mol. The second kappa shape index (κ2) is 4.11. The van der Waals surface area contributed by atoms with Crippen LogP contribution >= 0.6 is 0 Å². The number of hydrogen-bond donors (Lipinski definition) is 1. The largest absolute Gasteiger partial charge is 0.315 e. The highest BCUT2D eigenvalue weighted by molar-refractivity contribution is 5.03. The monoisotopic (exact) mass is 180 g/mol. The second-order valence-corrected chi connectivity index (χ2v) is 4.64. The topological polar surface area (TPSA) is 35.8 Å². The highest BCUT2D eigenvalue weighted by atomic mass is 14.9. The molecule has 1 N–H and O–H groups in total. The zero-order valence-electron chi connectivity index (χ0n) is 8.93. The van der Waals surface area contributed by atoms with Gasteiger partial charge in [0.1, 0.15) is 0 Å². The molecule has 0 aliphatic heterocycles. The summed E-state index contributed by atoms with van der Waals surface area (Å²) in [5, 5.41) is 12.4. The Kier molecular flexibility index (Phi) is 3.33. The summed E-state index contributed by atoms with van der Waals surface area (Å²) in [4.78, 5) is 0. The summed E-state index contributed by atoms with van der Waals surface area (Å²) in [5.41, 5.74) is -0.232. The molecule has 0 bridgehead atoms. The van der Waals surface area contributed by atoms with E-state index in [9.17, 15) is 0 Å². The van der Waals surface area contributed by atoms with Gasteiger partial charge in [-0.15, -0.1) is 0 Å². The van der Waals surface area contributed by atoms with E-state index >= 15 is 0 Å². The Bertz CT molecular complexity index is 197. The standard InChI is InChI=1S/C11H20N2/c1-11(2,8-12)10(13-3)9-6-4-5-7-9/h9-10,13H,4-7H2,1-3H3. The lowest BCUT2D eigenvalue weighted by Gasteiger charge is -2.32. The third-order valence-corrected chi connectivity index (χ3v) is 3.25. The van der Waals surface area contributed by atoms with E-state index in [2.05, 4.69) is 11.4 Å². The van der Waals surface area contributed by atoms with Crippen LogP contribution in [-0.4, -0.2) is 13.1 Å². The van der Waals surface area contributed by atoms with Gasteiger partial charge in [0.05, 0.1) is 11.5 Å². The predicted octanol–water partition coefficient (Wildman–Crippen LogP) is 2.31. The molecule has 0 saturated heterocycles. The Balaban J connectivity index is 2.66. The van der Waals surface area contributed by atoms with E-state index in [4.69, 9.17) is 5.26 Å². The Morgan fingerprint density at radius 3 is 2.31 bits per heavy atom. The third kappa shape index (κ3) is 2.22. The van der Waals surface area contributed by atoms with Crippen LogP contribution in [0, 0.1) is 22.7 Å². The van der Waals surface area contributed by atoms with Crippen LogP contribution in [0.2, 0.25) is 0 Å². The second-order valence-electron chi connectivity index (χ2n) is 4.64. The molecule has 1 unspecified atom stereocenters. The molecule has 13 heavy (non-hydrogen) atoms. The molecule has 0 radical (unpaired) electrons. The smallest absolute Gasteiger partial charge is 0.0700 e. The number of nitrogens with one attached hydrogen (secondary N) is 1. The maximum atomic E-state index is 9.07. The molecule has 2 nitrogen and oxygen atoms in total. The lowest BCUT2D eigenvalue weighted by molar-refractivity contribution is 0.242. The molecule has 1 rings (SSSR count). The minimum atomic E-state index is -0.232. The van der Waals surface area contributed by atoms with E-state index in [0.29, 0.717) is 12.0 Å². The number of hydrogen-bond acceptors (Lipinski definition) is 2. The normalized spacial score (nSPS) is 21.4. The van der Waals surface area contributed by atoms with Crippen molar-refractivity contribution in [3.05, 3.63) is 0 Å². The van der Waals surface area contributed by atoms with Crippen molar-refractivity contribution in [2.75, 3.05) is 7.05 Å². The molecule has 0 amide bonds. The number of rotatable bonds is 3. The van der Waals surface area contributed by atoms with Crippen LogP contribution in [0.15, 0.2) is 0 Å². The summed E-state index contributed by atoms with van der Waals surface area (Å²) in [6, 6.07) is 2.77. The first kappa shape index (κ1) is 10.5. The molecular weight excluding hydrogens is 160 g/mol. The fraction of sp³-hybridized carbons (Fsp3) is 0.909. The van der Waals surface area contributed by atoms with Crippen LogP contribution in [0.25, 0.3) is 0 Å². The van der Waals surface area contributed by atoms with Crippen LogP contribution in [0.4, 0.5) is 0 Å². The zero-order valence-corrected chi connectivity index (χ0v) is 8.93. The van der Waals surface area contributed by atoms with Gasteiger partial charge in [0.25, 0.3) is 0 Å². The molecule has 0 heterocycles. The van der Waals surface area contributed by atoms with E-state index in [1.165, 1.54) is 25.7 Å². The highest BCUT2D eigenvalue weighted by Gasteiger charge is 2.35. The highest BCUT2D eigenvalue weighted by Crippen LogP contribution is 2.35. The van der Waals surface area contributed by atoms with Gasteiger partial charge >= 0.3 is 0 Å². The minimum absolute atomic E-state index is 0.232. The van der Waals surface area contributed by atoms with Gasteiger partial charge in [-0.25, -0.2) is 0 Å². The summed E-state index contributed by atoms with van der Waals surface area (Å²) in [5.74, 6) is 0.708. The first-order valence-corrected chi connectivity index (χ1v) is 5.20. The molecule has 1 atom stereocenters. The molecule has 0 aromatic carbocycles. The molecule has 0 aromatic rings. The maximum absolute atomic E-state index is 9.07. The average Bonchev–Trinajstić information content (AvgIpc) is 2.58. The van der Waals surface area contributed by atoms with Crippen LogP contribution in [0.3, 0.4) is 0 Å². The van der Waals surface area contributed by atoms with Crippen LogP contribution in [0.5, 0.6) is 0 Å². The van der Waals surface area contributed by atoms with Crippen molar-refractivity contribution in [2.45, 2.75) is 45.6 Å². The SMILES string of the molecule is CNC(C1CCCC1)C(C)(C)C#N. The summed E-state index contributed by atoms with van der Waals surface area (Å²) in [6.45, 7) is 4.07. The lowest BCUT2D eigenvalue weighted by Crippen LogP contribution is -2.44. The Labute approximate surface area is 81.3 Å². The Hall–Kier alpha value is -0.550. The van der Waals surface area contributed by atoms with Crippen LogP contribution in [-0.2, 0) is 0 Å². The molecule has 74 valence electrons. The van der Waals surface area contributed by atoms with Crippen molar-refractivity contribution in [1.29, 1.82) is 5.26 Å². The van der Waals surface area contributed by atoms with Gasteiger partial charge in [0.2, 0.25) is 0 Å². The quantitative estimate of drug-likeness (QED) is 0.723. The number of nitrogens with zero attached hydrogens (tertiary/aromatic N) is 1. The van der Waals surface area contributed by atoms with E-state index < -0.39 is 0 Å². The van der Waals surface area contributed by atoms with Gasteiger partial charge in [-0.05, 0) is 39.7 Å². The fourth-order valence-electron chi connectivity index (χ4n) is 2.55. The zero-order chi connectivity index (χ0) is 9.90. The molecule has 1 aliphatic carbocycles. The third-order valence-electron chi connectivity index (χ3n) is 3.25. The van der Waals surface area contributed by atoms with Crippen molar-refractivity contribution >= 4 is 0 Å². The van der Waals surface area contributed by atoms with Crippen molar-refractivity contribution in [3.8, 4) is 6.07 Å². The molecule has 1 saturated carbocycles. The van der Waals surface area contributed by atoms with Gasteiger partial charge in [0, 0.05) is 6.04 Å². The molecule has 1 aliphatic rings. The summed E-state index contributed by atoms with van der Waals surface area (Å²) in [6.07, 6.45) is 5.25. The van der Waals surface area contributed by atoms with Gasteiger partial charge in [-0.3, -0.25) is 0 Å². The Morgan fingerprint density at radius 1 is 1.38 bits per heavy atom. The van der Waals surface area contributed by atoms with Gasteiger partial charge in [-0.1, -0.05) is 12.8 Å². The van der Waals surface area contributed by atoms with Crippen LogP contribution in [0.1, 0.15) is 39.5 Å². The first-order chi connectivity index (χ1) is 6.11. The van der Waals surface area contributed by atoms with Gasteiger partial charge in [0.15, 0.2) is 0 Å². The van der Waals surface area contributed by atoms with Gasteiger partial charge < -0.3 is 5.32 Å². The maximum Gasteiger partial charge on any atom is 0.0700 e. The molecule has 2 heteroatoms. The van der Waals surface area contributed by atoms with E-state index in [1.54, 1.807) is 0 Å². The van der Waals surface area contributed by atoms with Crippen molar-refractivity contribution < 1.29 is 0 Å². The lowest BCUT2D eigenvalue weighted by atomic mass is 9.78. The number of nitriles is 1. The van der Waals surface area contributed by atoms with Crippen molar-refractivity contribution in [2.24, 2.45) is 11.3 Å². The molecule has 0 aromatic heterocycles. The predicted molar refractivity (Wildman–Crippen MR) is 54.2 cm³/mol. The Morgan fingerprint density at radius 2 is 1.92 bits per heavy atom. The molecule has 0 spiro atoms. The summed E-state index contributed by atoms with van der Waals surface area (Å²) in [7, 11) is 1.97. The first-order valence-electron chi connectivity index (χ1n) is 5.20. The van der Waals surface area contributed by atoms with E-state index in [1.807, 2.05) is 20.9 Å². The fourth-order valence-corrected chi connectivity index (χ4v) is 2.55. The van der Waals surface area contributed by atoms with E-state index in [-0.39, 0.29) is 5.41 Å². The molecule has 1 fully saturated rings. The minimum Gasteiger partial charge on any atom is -0.315 e. The summed E-state index contributed by atoms with van der Waals surface area (Å²) >= 11 is 0. The summed E-state index contributed by atoms with van der Waals surface area (Å²) < 4.78 is 0.